The van der Waals surface area contributed by atoms with Gasteiger partial charge in [-0.3, -0.25) is 19.3 Å². The lowest BCUT2D eigenvalue weighted by Crippen LogP contribution is -2.35. The third-order valence-corrected chi connectivity index (χ3v) is 4.95. The fraction of sp³-hybridized carbons (Fsp3) is 0.200. The molecule has 0 bridgehead atoms. The van der Waals surface area contributed by atoms with Crippen molar-refractivity contribution in [1.29, 1.82) is 0 Å². The van der Waals surface area contributed by atoms with E-state index in [1.54, 1.807) is 19.9 Å². The van der Waals surface area contributed by atoms with Gasteiger partial charge >= 0.3 is 5.97 Å². The van der Waals surface area contributed by atoms with E-state index in [0.717, 1.165) is 4.90 Å². The summed E-state index contributed by atoms with van der Waals surface area (Å²) in [6.07, 6.45) is 0. The van der Waals surface area contributed by atoms with Crippen molar-refractivity contribution in [3.8, 4) is 0 Å². The van der Waals surface area contributed by atoms with Crippen molar-refractivity contribution in [2.45, 2.75) is 19.9 Å². The molecule has 0 atom stereocenters. The molecule has 1 aliphatic rings. The van der Waals surface area contributed by atoms with E-state index in [4.69, 9.17) is 27.9 Å². The Labute approximate surface area is 176 Å². The number of fused-ring (bicyclic) bond motifs is 1. The van der Waals surface area contributed by atoms with E-state index in [1.165, 1.54) is 30.3 Å². The summed E-state index contributed by atoms with van der Waals surface area (Å²) in [5.74, 6) is -2.23. The summed E-state index contributed by atoms with van der Waals surface area (Å²) < 4.78 is 4.99. The van der Waals surface area contributed by atoms with Gasteiger partial charge in [0, 0.05) is 11.7 Å². The van der Waals surface area contributed by atoms with Crippen LogP contribution in [0.3, 0.4) is 0 Å². The van der Waals surface area contributed by atoms with Crippen LogP contribution in [0.5, 0.6) is 0 Å². The van der Waals surface area contributed by atoms with Crippen molar-refractivity contribution in [3.05, 3.63) is 63.1 Å². The van der Waals surface area contributed by atoms with Crippen molar-refractivity contribution in [2.24, 2.45) is 0 Å². The molecule has 0 fully saturated rings. The topological polar surface area (TPSA) is 92.8 Å². The van der Waals surface area contributed by atoms with Crippen LogP contribution in [0.1, 0.15) is 44.9 Å². The van der Waals surface area contributed by atoms with Gasteiger partial charge in [0.15, 0.2) is 6.61 Å². The number of anilines is 1. The molecule has 7 nitrogen and oxygen atoms in total. The molecule has 0 radical (unpaired) electrons. The maximum atomic E-state index is 12.4. The third kappa shape index (κ3) is 4.26. The number of benzene rings is 2. The quantitative estimate of drug-likeness (QED) is 0.570. The van der Waals surface area contributed by atoms with Gasteiger partial charge in [-0.2, -0.15) is 0 Å². The largest absolute Gasteiger partial charge is 0.452 e. The average molecular weight is 435 g/mol. The highest BCUT2D eigenvalue weighted by Gasteiger charge is 2.37. The first-order chi connectivity index (χ1) is 13.7. The SMILES string of the molecule is CC(C)N1C(=O)c2ccc(C(=O)OCC(=O)Nc3ccc(Cl)c(Cl)c3)cc2C1=O. The number of esters is 1. The number of nitrogens with zero attached hydrogens (tertiary/aromatic N) is 1. The smallest absolute Gasteiger partial charge is 0.338 e. The second-order valence-corrected chi connectivity index (χ2v) is 7.40. The predicted molar refractivity (Wildman–Crippen MR) is 107 cm³/mol. The highest BCUT2D eigenvalue weighted by Crippen LogP contribution is 2.26. The molecular formula is C20H16Cl2N2O5. The maximum Gasteiger partial charge on any atom is 0.338 e. The molecule has 29 heavy (non-hydrogen) atoms. The first-order valence-corrected chi connectivity index (χ1v) is 9.38. The molecule has 1 heterocycles. The van der Waals surface area contributed by atoms with E-state index in [1.807, 2.05) is 0 Å². The van der Waals surface area contributed by atoms with E-state index in [2.05, 4.69) is 5.32 Å². The number of ether oxygens (including phenoxy) is 1. The standard InChI is InChI=1S/C20H16Cl2N2O5/c1-10(2)24-18(26)13-5-3-11(7-14(13)19(24)27)20(28)29-9-17(25)23-12-4-6-15(21)16(22)8-12/h3-8,10H,9H2,1-2H3,(H,23,25). The Hall–Kier alpha value is -2.90. The van der Waals surface area contributed by atoms with Crippen molar-refractivity contribution in [2.75, 3.05) is 11.9 Å². The first-order valence-electron chi connectivity index (χ1n) is 8.63. The number of nitrogens with one attached hydrogen (secondary N) is 1. The zero-order valence-electron chi connectivity index (χ0n) is 15.5. The second-order valence-electron chi connectivity index (χ2n) is 6.59. The van der Waals surface area contributed by atoms with Gasteiger partial charge in [-0.05, 0) is 50.2 Å². The van der Waals surface area contributed by atoms with E-state index >= 15 is 0 Å². The van der Waals surface area contributed by atoms with Crippen LogP contribution >= 0.6 is 23.2 Å². The van der Waals surface area contributed by atoms with Crippen LogP contribution in [0.15, 0.2) is 36.4 Å². The highest BCUT2D eigenvalue weighted by molar-refractivity contribution is 6.42. The number of imide groups is 1. The predicted octanol–water partition coefficient (Wildman–Crippen LogP) is 3.79. The summed E-state index contributed by atoms with van der Waals surface area (Å²) in [5.41, 5.74) is 0.838. The van der Waals surface area contributed by atoms with Crippen LogP contribution < -0.4 is 5.32 Å². The lowest BCUT2D eigenvalue weighted by Gasteiger charge is -2.17. The molecule has 2 aromatic rings. The van der Waals surface area contributed by atoms with Gasteiger partial charge in [0.1, 0.15) is 0 Å². The van der Waals surface area contributed by atoms with E-state index in [9.17, 15) is 19.2 Å². The number of carbonyl (C=O) groups excluding carboxylic acids is 4. The summed E-state index contributed by atoms with van der Waals surface area (Å²) in [6.45, 7) is 2.91. The maximum absolute atomic E-state index is 12.4. The normalized spacial score (nSPS) is 12.9. The average Bonchev–Trinajstić information content (AvgIpc) is 2.93. The molecule has 3 amide bonds. The summed E-state index contributed by atoms with van der Waals surface area (Å²) >= 11 is 11.7. The molecule has 150 valence electrons. The van der Waals surface area contributed by atoms with Crippen molar-refractivity contribution >= 4 is 52.6 Å². The Bertz CT molecular complexity index is 1040. The lowest BCUT2D eigenvalue weighted by molar-refractivity contribution is -0.119. The molecular weight excluding hydrogens is 419 g/mol. The van der Waals surface area contributed by atoms with Crippen LogP contribution in [0.2, 0.25) is 10.0 Å². The van der Waals surface area contributed by atoms with Crippen molar-refractivity contribution in [1.82, 2.24) is 4.90 Å². The van der Waals surface area contributed by atoms with E-state index < -0.39 is 30.3 Å². The fourth-order valence-electron chi connectivity index (χ4n) is 2.84. The Morgan fingerprint density at radius 2 is 1.69 bits per heavy atom. The second kappa shape index (κ2) is 8.23. The Kier molecular flexibility index (Phi) is 5.91. The number of hydrogen-bond donors (Lipinski definition) is 1. The van der Waals surface area contributed by atoms with E-state index in [0.29, 0.717) is 10.7 Å². The zero-order valence-corrected chi connectivity index (χ0v) is 17.0. The molecule has 0 aromatic heterocycles. The molecule has 0 saturated carbocycles. The minimum absolute atomic E-state index is 0.0674. The van der Waals surface area contributed by atoms with Gasteiger partial charge < -0.3 is 10.1 Å². The Balaban J connectivity index is 1.65. The van der Waals surface area contributed by atoms with Crippen LogP contribution in [-0.2, 0) is 9.53 Å². The molecule has 2 aromatic carbocycles. The Morgan fingerprint density at radius 1 is 1.00 bits per heavy atom. The minimum atomic E-state index is -0.791. The monoisotopic (exact) mass is 434 g/mol. The van der Waals surface area contributed by atoms with Crippen LogP contribution in [-0.4, -0.2) is 41.2 Å². The van der Waals surface area contributed by atoms with Gasteiger partial charge in [-0.25, -0.2) is 4.79 Å². The minimum Gasteiger partial charge on any atom is -0.452 e. The lowest BCUT2D eigenvalue weighted by atomic mass is 10.1. The number of carbonyl (C=O) groups is 4. The molecule has 0 aliphatic carbocycles. The van der Waals surface area contributed by atoms with Crippen LogP contribution in [0.4, 0.5) is 5.69 Å². The number of amides is 3. The molecule has 1 N–H and O–H groups in total. The fourth-order valence-corrected chi connectivity index (χ4v) is 3.14. The van der Waals surface area contributed by atoms with Crippen LogP contribution in [0, 0.1) is 0 Å². The third-order valence-electron chi connectivity index (χ3n) is 4.21. The van der Waals surface area contributed by atoms with Gasteiger partial charge in [0.25, 0.3) is 17.7 Å². The van der Waals surface area contributed by atoms with Crippen LogP contribution in [0.25, 0.3) is 0 Å². The number of hydrogen-bond acceptors (Lipinski definition) is 5. The molecule has 9 heteroatoms. The zero-order chi connectivity index (χ0) is 21.3. The molecule has 0 unspecified atom stereocenters. The first kappa shape index (κ1) is 20.8. The van der Waals surface area contributed by atoms with E-state index in [-0.39, 0.29) is 27.8 Å². The number of halogens is 2. The van der Waals surface area contributed by atoms with Gasteiger partial charge in [0.2, 0.25) is 0 Å². The van der Waals surface area contributed by atoms with Gasteiger partial charge in [-0.15, -0.1) is 0 Å². The summed E-state index contributed by atoms with van der Waals surface area (Å²) in [4.78, 5) is 50.1. The highest BCUT2D eigenvalue weighted by atomic mass is 35.5. The van der Waals surface area contributed by atoms with Gasteiger partial charge in [-0.1, -0.05) is 23.2 Å². The van der Waals surface area contributed by atoms with Gasteiger partial charge in [0.05, 0.1) is 26.7 Å². The van der Waals surface area contributed by atoms with Crippen molar-refractivity contribution in [3.63, 3.8) is 0 Å². The van der Waals surface area contributed by atoms with Crippen molar-refractivity contribution < 1.29 is 23.9 Å². The molecule has 1 aliphatic heterocycles. The summed E-state index contributed by atoms with van der Waals surface area (Å²) in [6, 6.07) is 8.33. The molecule has 0 saturated heterocycles. The number of rotatable bonds is 5. The Morgan fingerprint density at radius 3 is 2.34 bits per heavy atom. The summed E-state index contributed by atoms with van der Waals surface area (Å²) in [7, 11) is 0. The molecule has 0 spiro atoms. The summed E-state index contributed by atoms with van der Waals surface area (Å²) in [5, 5.41) is 3.14. The molecule has 3 rings (SSSR count).